The third-order valence-electron chi connectivity index (χ3n) is 3.21. The number of ether oxygens (including phenoxy) is 2. The molecule has 0 aromatic heterocycles. The molecule has 0 radical (unpaired) electrons. The summed E-state index contributed by atoms with van der Waals surface area (Å²) in [5.41, 5.74) is 0.703. The SMILES string of the molecule is CCCCC(=O)c1cccc(Oc2ccc(OC)cc2)c1. The van der Waals surface area contributed by atoms with Gasteiger partial charge in [0.15, 0.2) is 5.78 Å². The van der Waals surface area contributed by atoms with E-state index in [0.29, 0.717) is 23.5 Å². The minimum Gasteiger partial charge on any atom is -0.497 e. The molecule has 0 spiro atoms. The summed E-state index contributed by atoms with van der Waals surface area (Å²) in [7, 11) is 1.63. The van der Waals surface area contributed by atoms with Gasteiger partial charge in [0.05, 0.1) is 7.11 Å². The average Bonchev–Trinajstić information content (AvgIpc) is 2.53. The fourth-order valence-electron chi connectivity index (χ4n) is 1.99. The number of methoxy groups -OCH3 is 1. The van der Waals surface area contributed by atoms with E-state index in [4.69, 9.17) is 9.47 Å². The number of ketones is 1. The topological polar surface area (TPSA) is 35.5 Å². The first kappa shape index (κ1) is 15.1. The fraction of sp³-hybridized carbons (Fsp3) is 0.278. The lowest BCUT2D eigenvalue weighted by molar-refractivity contribution is 0.0979. The Morgan fingerprint density at radius 1 is 1.00 bits per heavy atom. The number of carbonyl (C=O) groups excluding carboxylic acids is 1. The lowest BCUT2D eigenvalue weighted by Crippen LogP contribution is -1.98. The van der Waals surface area contributed by atoms with Crippen molar-refractivity contribution in [2.75, 3.05) is 7.11 Å². The van der Waals surface area contributed by atoms with Crippen molar-refractivity contribution in [1.82, 2.24) is 0 Å². The Morgan fingerprint density at radius 3 is 2.38 bits per heavy atom. The Labute approximate surface area is 125 Å². The van der Waals surface area contributed by atoms with E-state index in [0.717, 1.165) is 18.6 Å². The molecule has 3 heteroatoms. The molecule has 3 nitrogen and oxygen atoms in total. The molecule has 0 atom stereocenters. The second-order valence-corrected chi connectivity index (χ2v) is 4.83. The van der Waals surface area contributed by atoms with Gasteiger partial charge in [-0.3, -0.25) is 4.79 Å². The molecule has 0 N–H and O–H groups in total. The van der Waals surface area contributed by atoms with E-state index >= 15 is 0 Å². The maximum atomic E-state index is 12.0. The first-order chi connectivity index (χ1) is 10.2. The largest absolute Gasteiger partial charge is 0.497 e. The molecule has 0 aliphatic heterocycles. The summed E-state index contributed by atoms with van der Waals surface area (Å²) >= 11 is 0. The molecule has 0 heterocycles. The first-order valence-electron chi connectivity index (χ1n) is 7.18. The molecule has 0 saturated heterocycles. The lowest BCUT2D eigenvalue weighted by Gasteiger charge is -2.08. The second kappa shape index (κ2) is 7.48. The van der Waals surface area contributed by atoms with Crippen LogP contribution in [0.3, 0.4) is 0 Å². The highest BCUT2D eigenvalue weighted by molar-refractivity contribution is 5.96. The van der Waals surface area contributed by atoms with Crippen LogP contribution in [0.1, 0.15) is 36.5 Å². The third-order valence-corrected chi connectivity index (χ3v) is 3.21. The van der Waals surface area contributed by atoms with E-state index in [2.05, 4.69) is 6.92 Å². The van der Waals surface area contributed by atoms with Crippen LogP contribution in [-0.2, 0) is 0 Å². The van der Waals surface area contributed by atoms with E-state index in [1.165, 1.54) is 0 Å². The highest BCUT2D eigenvalue weighted by Crippen LogP contribution is 2.24. The summed E-state index contributed by atoms with van der Waals surface area (Å²) in [6.07, 6.45) is 2.53. The smallest absolute Gasteiger partial charge is 0.163 e. The van der Waals surface area contributed by atoms with Crippen LogP contribution in [0.2, 0.25) is 0 Å². The van der Waals surface area contributed by atoms with Crippen LogP contribution in [0.25, 0.3) is 0 Å². The van der Waals surface area contributed by atoms with Gasteiger partial charge in [-0.1, -0.05) is 25.5 Å². The molecule has 2 aromatic carbocycles. The van der Waals surface area contributed by atoms with Crippen molar-refractivity contribution in [1.29, 1.82) is 0 Å². The van der Waals surface area contributed by atoms with Crippen molar-refractivity contribution < 1.29 is 14.3 Å². The standard InChI is InChI=1S/C18H20O3/c1-3-4-8-18(19)14-6-5-7-17(13-14)21-16-11-9-15(20-2)10-12-16/h5-7,9-13H,3-4,8H2,1-2H3. The van der Waals surface area contributed by atoms with Crippen LogP contribution in [0, 0.1) is 0 Å². The number of hydrogen-bond acceptors (Lipinski definition) is 3. The second-order valence-electron chi connectivity index (χ2n) is 4.83. The Morgan fingerprint density at radius 2 is 1.71 bits per heavy atom. The molecule has 2 rings (SSSR count). The van der Waals surface area contributed by atoms with Gasteiger partial charge in [0.25, 0.3) is 0 Å². The normalized spacial score (nSPS) is 10.2. The van der Waals surface area contributed by atoms with Crippen molar-refractivity contribution in [3.8, 4) is 17.2 Å². The van der Waals surface area contributed by atoms with Gasteiger partial charge >= 0.3 is 0 Å². The summed E-state index contributed by atoms with van der Waals surface area (Å²) in [4.78, 5) is 12.0. The zero-order valence-electron chi connectivity index (χ0n) is 12.5. The van der Waals surface area contributed by atoms with Gasteiger partial charge in [-0.15, -0.1) is 0 Å². The molecular weight excluding hydrogens is 264 g/mol. The summed E-state index contributed by atoms with van der Waals surface area (Å²) in [5, 5.41) is 0. The monoisotopic (exact) mass is 284 g/mol. The van der Waals surface area contributed by atoms with Crippen molar-refractivity contribution in [2.45, 2.75) is 26.2 Å². The lowest BCUT2D eigenvalue weighted by atomic mass is 10.1. The zero-order valence-corrected chi connectivity index (χ0v) is 12.5. The maximum absolute atomic E-state index is 12.0. The predicted molar refractivity (Wildman–Crippen MR) is 83.4 cm³/mol. The maximum Gasteiger partial charge on any atom is 0.163 e. The molecule has 0 aliphatic rings. The van der Waals surface area contributed by atoms with Crippen LogP contribution in [0.4, 0.5) is 0 Å². The first-order valence-corrected chi connectivity index (χ1v) is 7.18. The van der Waals surface area contributed by atoms with Crippen molar-refractivity contribution in [3.63, 3.8) is 0 Å². The van der Waals surface area contributed by atoms with Gasteiger partial charge in [0, 0.05) is 12.0 Å². The van der Waals surface area contributed by atoms with Gasteiger partial charge in [-0.2, -0.15) is 0 Å². The molecule has 0 saturated carbocycles. The van der Waals surface area contributed by atoms with Gasteiger partial charge in [-0.25, -0.2) is 0 Å². The van der Waals surface area contributed by atoms with Crippen LogP contribution in [0.5, 0.6) is 17.2 Å². The molecular formula is C18H20O3. The quantitative estimate of drug-likeness (QED) is 0.681. The van der Waals surface area contributed by atoms with Crippen LogP contribution in [0.15, 0.2) is 48.5 Å². The van der Waals surface area contributed by atoms with Crippen molar-refractivity contribution >= 4 is 5.78 Å². The number of Topliss-reactive ketones (excluding diaryl/α,β-unsaturated/α-hetero) is 1. The number of hydrogen-bond donors (Lipinski definition) is 0. The van der Waals surface area contributed by atoms with Gasteiger partial charge < -0.3 is 9.47 Å². The fourth-order valence-corrected chi connectivity index (χ4v) is 1.99. The predicted octanol–water partition coefficient (Wildman–Crippen LogP) is 4.86. The Hall–Kier alpha value is -2.29. The molecule has 0 bridgehead atoms. The zero-order chi connectivity index (χ0) is 15.1. The van der Waals surface area contributed by atoms with Gasteiger partial charge in [0.1, 0.15) is 17.2 Å². The Kier molecular flexibility index (Phi) is 5.38. The summed E-state index contributed by atoms with van der Waals surface area (Å²) in [6, 6.07) is 14.7. The minimum atomic E-state index is 0.164. The van der Waals surface area contributed by atoms with Gasteiger partial charge in [0.2, 0.25) is 0 Å². The molecule has 0 fully saturated rings. The molecule has 2 aromatic rings. The van der Waals surface area contributed by atoms with Crippen LogP contribution in [-0.4, -0.2) is 12.9 Å². The third kappa shape index (κ3) is 4.35. The van der Waals surface area contributed by atoms with E-state index in [1.54, 1.807) is 13.2 Å². The number of unbranched alkanes of at least 4 members (excludes halogenated alkanes) is 1. The summed E-state index contributed by atoms with van der Waals surface area (Å²) in [5.74, 6) is 2.33. The molecule has 0 amide bonds. The molecule has 0 unspecified atom stereocenters. The minimum absolute atomic E-state index is 0.164. The summed E-state index contributed by atoms with van der Waals surface area (Å²) in [6.45, 7) is 2.08. The van der Waals surface area contributed by atoms with E-state index in [1.807, 2.05) is 42.5 Å². The van der Waals surface area contributed by atoms with E-state index in [-0.39, 0.29) is 5.78 Å². The Balaban J connectivity index is 2.07. The van der Waals surface area contributed by atoms with Gasteiger partial charge in [-0.05, 0) is 42.8 Å². The van der Waals surface area contributed by atoms with Crippen molar-refractivity contribution in [2.24, 2.45) is 0 Å². The van der Waals surface area contributed by atoms with Crippen LogP contribution >= 0.6 is 0 Å². The number of benzene rings is 2. The Bertz CT molecular complexity index is 588. The molecule has 110 valence electrons. The van der Waals surface area contributed by atoms with Crippen molar-refractivity contribution in [3.05, 3.63) is 54.1 Å². The molecule has 0 aliphatic carbocycles. The van der Waals surface area contributed by atoms with E-state index < -0.39 is 0 Å². The van der Waals surface area contributed by atoms with Crippen LogP contribution < -0.4 is 9.47 Å². The number of rotatable bonds is 7. The molecule has 21 heavy (non-hydrogen) atoms. The highest BCUT2D eigenvalue weighted by atomic mass is 16.5. The summed E-state index contributed by atoms with van der Waals surface area (Å²) < 4.78 is 10.9. The average molecular weight is 284 g/mol. The highest BCUT2D eigenvalue weighted by Gasteiger charge is 2.07. The number of carbonyl (C=O) groups is 1. The van der Waals surface area contributed by atoms with E-state index in [9.17, 15) is 4.79 Å².